The molecule has 1 rings (SSSR count). The molecule has 0 saturated carbocycles. The molecule has 1 aromatic carbocycles. The SMILES string of the molecule is CONCc1cc(O)c(O)c(C)c1C. The van der Waals surface area contributed by atoms with Gasteiger partial charge in [0, 0.05) is 6.54 Å². The molecule has 0 amide bonds. The number of phenolic OH excluding ortho intramolecular Hbond substituents is 2. The van der Waals surface area contributed by atoms with Crippen LogP contribution in [0.4, 0.5) is 0 Å². The van der Waals surface area contributed by atoms with E-state index in [2.05, 4.69) is 5.48 Å². The standard InChI is InChI=1S/C10H15NO3/c1-6-7(2)10(13)9(12)4-8(6)5-11-14-3/h4,11-13H,5H2,1-3H3. The first-order chi connectivity index (χ1) is 6.57. The summed E-state index contributed by atoms with van der Waals surface area (Å²) < 4.78 is 0. The van der Waals surface area contributed by atoms with E-state index in [0.29, 0.717) is 12.1 Å². The molecule has 0 saturated heterocycles. The molecule has 0 radical (unpaired) electrons. The van der Waals surface area contributed by atoms with Crippen LogP contribution in [0.25, 0.3) is 0 Å². The Bertz CT molecular complexity index is 337. The van der Waals surface area contributed by atoms with E-state index in [9.17, 15) is 10.2 Å². The summed E-state index contributed by atoms with van der Waals surface area (Å²) in [7, 11) is 1.53. The van der Waals surface area contributed by atoms with Gasteiger partial charge in [-0.3, -0.25) is 0 Å². The van der Waals surface area contributed by atoms with Crippen LogP contribution in [0, 0.1) is 13.8 Å². The van der Waals surface area contributed by atoms with Crippen LogP contribution in [0.2, 0.25) is 0 Å². The first kappa shape index (κ1) is 10.8. The van der Waals surface area contributed by atoms with Crippen molar-refractivity contribution in [2.45, 2.75) is 20.4 Å². The van der Waals surface area contributed by atoms with E-state index in [1.54, 1.807) is 6.92 Å². The molecule has 0 aliphatic heterocycles. The van der Waals surface area contributed by atoms with Crippen LogP contribution in [-0.4, -0.2) is 17.3 Å². The Morgan fingerprint density at radius 3 is 2.50 bits per heavy atom. The third kappa shape index (κ3) is 1.97. The Morgan fingerprint density at radius 2 is 1.93 bits per heavy atom. The van der Waals surface area contributed by atoms with E-state index in [-0.39, 0.29) is 11.5 Å². The van der Waals surface area contributed by atoms with Gasteiger partial charge in [0.25, 0.3) is 0 Å². The molecule has 0 aliphatic rings. The van der Waals surface area contributed by atoms with Gasteiger partial charge in [-0.2, -0.15) is 5.48 Å². The summed E-state index contributed by atoms with van der Waals surface area (Å²) in [6, 6.07) is 1.53. The predicted octanol–water partition coefficient (Wildman–Crippen LogP) is 1.37. The number of hydrogen-bond donors (Lipinski definition) is 3. The molecule has 0 atom stereocenters. The molecule has 3 N–H and O–H groups in total. The first-order valence-corrected chi connectivity index (χ1v) is 4.34. The second-order valence-electron chi connectivity index (χ2n) is 3.18. The summed E-state index contributed by atoms with van der Waals surface area (Å²) >= 11 is 0. The molecule has 0 heterocycles. The van der Waals surface area contributed by atoms with Crippen LogP contribution in [0.1, 0.15) is 16.7 Å². The molecule has 14 heavy (non-hydrogen) atoms. The molecule has 0 aromatic heterocycles. The highest BCUT2D eigenvalue weighted by molar-refractivity contribution is 5.51. The Labute approximate surface area is 83.1 Å². The lowest BCUT2D eigenvalue weighted by Gasteiger charge is -2.11. The number of hydroxylamine groups is 1. The summed E-state index contributed by atoms with van der Waals surface area (Å²) in [5.41, 5.74) is 5.23. The van der Waals surface area contributed by atoms with Crippen molar-refractivity contribution in [1.29, 1.82) is 0 Å². The van der Waals surface area contributed by atoms with E-state index in [1.165, 1.54) is 13.2 Å². The van der Waals surface area contributed by atoms with Crippen molar-refractivity contribution in [3.8, 4) is 11.5 Å². The topological polar surface area (TPSA) is 61.7 Å². The quantitative estimate of drug-likeness (QED) is 0.506. The van der Waals surface area contributed by atoms with Gasteiger partial charge >= 0.3 is 0 Å². The maximum atomic E-state index is 9.44. The van der Waals surface area contributed by atoms with Gasteiger partial charge in [0.05, 0.1) is 7.11 Å². The van der Waals surface area contributed by atoms with Gasteiger partial charge in [-0.05, 0) is 36.6 Å². The summed E-state index contributed by atoms with van der Waals surface area (Å²) in [5.74, 6) is -0.148. The molecule has 0 fully saturated rings. The highest BCUT2D eigenvalue weighted by Crippen LogP contribution is 2.32. The molecule has 1 aromatic rings. The number of rotatable bonds is 3. The lowest BCUT2D eigenvalue weighted by atomic mass is 10.0. The van der Waals surface area contributed by atoms with Gasteiger partial charge in [0.1, 0.15) is 0 Å². The molecule has 0 unspecified atom stereocenters. The van der Waals surface area contributed by atoms with Gasteiger partial charge < -0.3 is 15.1 Å². The second kappa shape index (κ2) is 4.30. The van der Waals surface area contributed by atoms with Crippen LogP contribution in [0.5, 0.6) is 11.5 Å². The van der Waals surface area contributed by atoms with Crippen LogP contribution < -0.4 is 5.48 Å². The van der Waals surface area contributed by atoms with Crippen molar-refractivity contribution >= 4 is 0 Å². The van der Waals surface area contributed by atoms with Crippen molar-refractivity contribution in [2.24, 2.45) is 0 Å². The van der Waals surface area contributed by atoms with Crippen molar-refractivity contribution in [3.05, 3.63) is 22.8 Å². The highest BCUT2D eigenvalue weighted by Gasteiger charge is 2.10. The predicted molar refractivity (Wildman–Crippen MR) is 53.1 cm³/mol. The zero-order chi connectivity index (χ0) is 10.7. The fraction of sp³-hybridized carbons (Fsp3) is 0.400. The highest BCUT2D eigenvalue weighted by atomic mass is 16.6. The largest absolute Gasteiger partial charge is 0.504 e. The van der Waals surface area contributed by atoms with Crippen molar-refractivity contribution in [1.82, 2.24) is 5.48 Å². The fourth-order valence-electron chi connectivity index (χ4n) is 1.29. The Morgan fingerprint density at radius 1 is 1.29 bits per heavy atom. The molecule has 4 heteroatoms. The van der Waals surface area contributed by atoms with Gasteiger partial charge in [0.2, 0.25) is 0 Å². The first-order valence-electron chi connectivity index (χ1n) is 4.34. The van der Waals surface area contributed by atoms with E-state index >= 15 is 0 Å². The van der Waals surface area contributed by atoms with E-state index in [1.807, 2.05) is 6.92 Å². The van der Waals surface area contributed by atoms with E-state index in [4.69, 9.17) is 4.84 Å². The third-order valence-electron chi connectivity index (χ3n) is 2.36. The number of aromatic hydroxyl groups is 2. The lowest BCUT2D eigenvalue weighted by molar-refractivity contribution is 0.0865. The fourth-order valence-corrected chi connectivity index (χ4v) is 1.29. The van der Waals surface area contributed by atoms with Crippen molar-refractivity contribution in [3.63, 3.8) is 0 Å². The average molecular weight is 197 g/mol. The minimum Gasteiger partial charge on any atom is -0.504 e. The number of nitrogens with one attached hydrogen (secondary N) is 1. The molecule has 0 aliphatic carbocycles. The number of benzene rings is 1. The molecule has 0 spiro atoms. The minimum atomic E-state index is -0.0963. The Balaban J connectivity index is 3.06. The lowest BCUT2D eigenvalue weighted by Crippen LogP contribution is -2.12. The van der Waals surface area contributed by atoms with Crippen molar-refractivity contribution in [2.75, 3.05) is 7.11 Å². The summed E-state index contributed by atoms with van der Waals surface area (Å²) in [4.78, 5) is 4.72. The Hall–Kier alpha value is -1.26. The summed E-state index contributed by atoms with van der Waals surface area (Å²) in [5, 5.41) is 18.8. The monoisotopic (exact) mass is 197 g/mol. The molecular weight excluding hydrogens is 182 g/mol. The third-order valence-corrected chi connectivity index (χ3v) is 2.36. The number of phenols is 2. The van der Waals surface area contributed by atoms with Crippen LogP contribution >= 0.6 is 0 Å². The maximum absolute atomic E-state index is 9.44. The normalized spacial score (nSPS) is 10.5. The smallest absolute Gasteiger partial charge is 0.160 e. The van der Waals surface area contributed by atoms with Crippen LogP contribution in [-0.2, 0) is 11.4 Å². The van der Waals surface area contributed by atoms with Gasteiger partial charge in [-0.1, -0.05) is 0 Å². The van der Waals surface area contributed by atoms with Gasteiger partial charge in [-0.25, -0.2) is 0 Å². The zero-order valence-corrected chi connectivity index (χ0v) is 8.59. The van der Waals surface area contributed by atoms with Gasteiger partial charge in [0.15, 0.2) is 11.5 Å². The Kier molecular flexibility index (Phi) is 3.33. The summed E-state index contributed by atoms with van der Waals surface area (Å²) in [6.07, 6.45) is 0. The second-order valence-corrected chi connectivity index (χ2v) is 3.18. The molecule has 4 nitrogen and oxygen atoms in total. The van der Waals surface area contributed by atoms with E-state index in [0.717, 1.165) is 11.1 Å². The van der Waals surface area contributed by atoms with Crippen LogP contribution in [0.3, 0.4) is 0 Å². The average Bonchev–Trinajstić information content (AvgIpc) is 2.18. The zero-order valence-electron chi connectivity index (χ0n) is 8.59. The maximum Gasteiger partial charge on any atom is 0.160 e. The van der Waals surface area contributed by atoms with Crippen LogP contribution in [0.15, 0.2) is 6.07 Å². The number of hydrogen-bond acceptors (Lipinski definition) is 4. The summed E-state index contributed by atoms with van der Waals surface area (Å²) in [6.45, 7) is 4.15. The van der Waals surface area contributed by atoms with Gasteiger partial charge in [-0.15, -0.1) is 0 Å². The molecule has 0 bridgehead atoms. The van der Waals surface area contributed by atoms with E-state index < -0.39 is 0 Å². The van der Waals surface area contributed by atoms with Crippen molar-refractivity contribution < 1.29 is 15.1 Å². The molecule has 78 valence electrons. The molecular formula is C10H15NO3. The minimum absolute atomic E-state index is 0.0522.